The molecule has 0 atom stereocenters. The third-order valence-electron chi connectivity index (χ3n) is 3.59. The van der Waals surface area contributed by atoms with Crippen molar-refractivity contribution in [1.82, 2.24) is 20.3 Å². The molecule has 1 N–H and O–H groups in total. The van der Waals surface area contributed by atoms with Gasteiger partial charge < -0.3 is 5.32 Å². The zero-order chi connectivity index (χ0) is 17.6. The molecule has 0 bridgehead atoms. The standard InChI is InChI=1S/C18H17BN6/c1-13(19)18-24-16(15-6-4-3-5-7-15)8-17(25(18)20-2)23-11-14-9-21-12-22-10-14/h3-10,12,24H,2,11H2,1H3/b18-13+,23-17?. The van der Waals surface area contributed by atoms with E-state index in [0.717, 1.165) is 16.8 Å². The number of rotatable bonds is 4. The maximum atomic E-state index is 6.03. The van der Waals surface area contributed by atoms with Gasteiger partial charge in [-0.1, -0.05) is 35.8 Å². The normalized spacial score (nSPS) is 17.7. The second-order valence-electron chi connectivity index (χ2n) is 5.46. The number of hydrogen-bond acceptors (Lipinski definition) is 5. The Morgan fingerprint density at radius 2 is 1.96 bits per heavy atom. The van der Waals surface area contributed by atoms with Crippen molar-refractivity contribution in [2.24, 2.45) is 10.1 Å². The van der Waals surface area contributed by atoms with Gasteiger partial charge in [0.15, 0.2) is 5.84 Å². The van der Waals surface area contributed by atoms with Gasteiger partial charge in [-0.15, -0.1) is 0 Å². The lowest BCUT2D eigenvalue weighted by atomic mass is 9.96. The summed E-state index contributed by atoms with van der Waals surface area (Å²) in [5.74, 6) is 1.27. The molecule has 0 fully saturated rings. The van der Waals surface area contributed by atoms with Crippen LogP contribution < -0.4 is 5.32 Å². The number of benzene rings is 1. The predicted octanol–water partition coefficient (Wildman–Crippen LogP) is 2.29. The summed E-state index contributed by atoms with van der Waals surface area (Å²) in [5.41, 5.74) is 3.41. The first-order chi connectivity index (χ1) is 12.2. The first-order valence-electron chi connectivity index (χ1n) is 7.74. The molecule has 2 aromatic rings. The van der Waals surface area contributed by atoms with E-state index < -0.39 is 0 Å². The second kappa shape index (κ2) is 7.57. The maximum absolute atomic E-state index is 6.03. The number of aromatic nitrogens is 2. The largest absolute Gasteiger partial charge is 0.340 e. The molecule has 7 heteroatoms. The highest BCUT2D eigenvalue weighted by Crippen LogP contribution is 2.22. The van der Waals surface area contributed by atoms with Crippen molar-refractivity contribution in [3.8, 4) is 0 Å². The molecule has 0 saturated heterocycles. The van der Waals surface area contributed by atoms with E-state index in [2.05, 4.69) is 32.1 Å². The van der Waals surface area contributed by atoms with E-state index in [-0.39, 0.29) is 0 Å². The molecule has 3 rings (SSSR count). The molecule has 2 radical (unpaired) electrons. The average molecular weight is 328 g/mol. The predicted molar refractivity (Wildman–Crippen MR) is 101 cm³/mol. The van der Waals surface area contributed by atoms with E-state index in [1.165, 1.54) is 6.33 Å². The Morgan fingerprint density at radius 3 is 2.60 bits per heavy atom. The van der Waals surface area contributed by atoms with Gasteiger partial charge >= 0.3 is 0 Å². The van der Waals surface area contributed by atoms with Crippen LogP contribution in [0.25, 0.3) is 5.70 Å². The molecule has 1 aromatic heterocycles. The number of nitrogens with zero attached hydrogens (tertiary/aromatic N) is 5. The molecule has 0 amide bonds. The van der Waals surface area contributed by atoms with Crippen LogP contribution in [0.5, 0.6) is 0 Å². The molecule has 2 heterocycles. The SMILES string of the molecule is [B]/C(C)=C1\NC(c2ccccc2)=CC(=NCc2cncnc2)N1N=C. The van der Waals surface area contributed by atoms with Crippen LogP contribution in [0, 0.1) is 0 Å². The van der Waals surface area contributed by atoms with Gasteiger partial charge in [-0.25, -0.2) is 15.0 Å². The zero-order valence-corrected chi connectivity index (χ0v) is 13.9. The quantitative estimate of drug-likeness (QED) is 0.691. The van der Waals surface area contributed by atoms with Gasteiger partial charge in [0.2, 0.25) is 0 Å². The van der Waals surface area contributed by atoms with Gasteiger partial charge in [0, 0.05) is 30.8 Å². The Kier molecular flexibility index (Phi) is 5.04. The van der Waals surface area contributed by atoms with E-state index >= 15 is 0 Å². The summed E-state index contributed by atoms with van der Waals surface area (Å²) in [6.45, 7) is 5.86. The van der Waals surface area contributed by atoms with Gasteiger partial charge in [-0.2, -0.15) is 5.10 Å². The van der Waals surface area contributed by atoms with Crippen molar-refractivity contribution in [3.63, 3.8) is 0 Å². The summed E-state index contributed by atoms with van der Waals surface area (Å²) < 4.78 is 0. The number of amidine groups is 1. The highest BCUT2D eigenvalue weighted by Gasteiger charge is 2.22. The Morgan fingerprint density at radius 1 is 1.24 bits per heavy atom. The number of hydrazone groups is 1. The van der Waals surface area contributed by atoms with Crippen LogP contribution in [-0.4, -0.2) is 35.4 Å². The number of nitrogens with one attached hydrogen (secondary N) is 1. The molecule has 25 heavy (non-hydrogen) atoms. The maximum Gasteiger partial charge on any atom is 0.153 e. The Bertz CT molecular complexity index is 838. The third-order valence-corrected chi connectivity index (χ3v) is 3.59. The van der Waals surface area contributed by atoms with E-state index in [1.807, 2.05) is 36.4 Å². The summed E-state index contributed by atoms with van der Waals surface area (Å²) in [7, 11) is 6.03. The van der Waals surface area contributed by atoms with E-state index in [4.69, 9.17) is 7.85 Å². The van der Waals surface area contributed by atoms with E-state index in [0.29, 0.717) is 23.7 Å². The van der Waals surface area contributed by atoms with Crippen LogP contribution in [0.15, 0.2) is 76.5 Å². The Balaban J connectivity index is 2.02. The van der Waals surface area contributed by atoms with Crippen molar-refractivity contribution in [2.75, 3.05) is 0 Å². The van der Waals surface area contributed by atoms with Crippen LogP contribution in [0.4, 0.5) is 0 Å². The van der Waals surface area contributed by atoms with Crippen LogP contribution in [0.2, 0.25) is 0 Å². The summed E-state index contributed by atoms with van der Waals surface area (Å²) in [4.78, 5) is 12.6. The lowest BCUT2D eigenvalue weighted by molar-refractivity contribution is 0.514. The van der Waals surface area contributed by atoms with Crippen molar-refractivity contribution < 1.29 is 0 Å². The monoisotopic (exact) mass is 328 g/mol. The van der Waals surface area contributed by atoms with Gasteiger partial charge in [0.25, 0.3) is 0 Å². The third kappa shape index (κ3) is 3.83. The Labute approximate surface area is 148 Å². The fraction of sp³-hybridized carbons (Fsp3) is 0.111. The van der Waals surface area contributed by atoms with Gasteiger partial charge in [0.1, 0.15) is 20.0 Å². The van der Waals surface area contributed by atoms with Crippen LogP contribution in [-0.2, 0) is 6.54 Å². The lowest BCUT2D eigenvalue weighted by Gasteiger charge is -2.30. The molecule has 122 valence electrons. The second-order valence-corrected chi connectivity index (χ2v) is 5.46. The number of hydrogen-bond donors (Lipinski definition) is 1. The smallest absolute Gasteiger partial charge is 0.153 e. The van der Waals surface area contributed by atoms with E-state index in [9.17, 15) is 0 Å². The van der Waals surface area contributed by atoms with Crippen LogP contribution in [0.3, 0.4) is 0 Å². The molecule has 6 nitrogen and oxygen atoms in total. The van der Waals surface area contributed by atoms with Crippen molar-refractivity contribution in [1.29, 1.82) is 0 Å². The van der Waals surface area contributed by atoms with Crippen molar-refractivity contribution >= 4 is 26.1 Å². The Hall–Kier alpha value is -3.22. The zero-order valence-electron chi connectivity index (χ0n) is 13.9. The average Bonchev–Trinajstić information content (AvgIpc) is 2.67. The van der Waals surface area contributed by atoms with Crippen molar-refractivity contribution in [3.05, 3.63) is 77.5 Å². The fourth-order valence-corrected chi connectivity index (χ4v) is 2.40. The molecule has 0 spiro atoms. The van der Waals surface area contributed by atoms with Gasteiger partial charge in [-0.05, 0) is 12.5 Å². The van der Waals surface area contributed by atoms with Gasteiger partial charge in [0.05, 0.1) is 12.2 Å². The summed E-state index contributed by atoms with van der Waals surface area (Å²) in [6, 6.07) is 9.96. The fourth-order valence-electron chi connectivity index (χ4n) is 2.40. The molecule has 1 aliphatic rings. The van der Waals surface area contributed by atoms with Crippen LogP contribution in [0.1, 0.15) is 18.1 Å². The first-order valence-corrected chi connectivity index (χ1v) is 7.74. The highest BCUT2D eigenvalue weighted by atomic mass is 15.5. The first kappa shape index (κ1) is 16.6. The molecule has 1 aromatic carbocycles. The van der Waals surface area contributed by atoms with Crippen molar-refractivity contribution in [2.45, 2.75) is 13.5 Å². The molecular weight excluding hydrogens is 311 g/mol. The molecular formula is C18H17BN6. The lowest BCUT2D eigenvalue weighted by Crippen LogP contribution is -2.37. The summed E-state index contributed by atoms with van der Waals surface area (Å²) in [5, 5.41) is 8.94. The number of aliphatic imine (C=N–C) groups is 1. The van der Waals surface area contributed by atoms with E-state index in [1.54, 1.807) is 24.3 Å². The molecule has 0 saturated carbocycles. The van der Waals surface area contributed by atoms with Crippen LogP contribution >= 0.6 is 0 Å². The van der Waals surface area contributed by atoms with Gasteiger partial charge in [-0.3, -0.25) is 4.99 Å². The molecule has 0 unspecified atom stereocenters. The number of allylic oxidation sites excluding steroid dienone is 1. The minimum absolute atomic E-state index is 0.428. The minimum atomic E-state index is 0.428. The summed E-state index contributed by atoms with van der Waals surface area (Å²) >= 11 is 0. The molecule has 1 aliphatic heterocycles. The highest BCUT2D eigenvalue weighted by molar-refractivity contribution is 6.22. The molecule has 0 aliphatic carbocycles. The topological polar surface area (TPSA) is 65.8 Å². The minimum Gasteiger partial charge on any atom is -0.340 e. The summed E-state index contributed by atoms with van der Waals surface area (Å²) in [6.07, 6.45) is 6.87.